The molecule has 0 spiro atoms. The molecule has 4 rings (SSSR count). The Labute approximate surface area is 188 Å². The number of hydrogen-bond donors (Lipinski definition) is 1. The smallest absolute Gasteiger partial charge is 0.329 e. The third kappa shape index (κ3) is 4.40. The number of esters is 1. The van der Waals surface area contributed by atoms with Crippen LogP contribution in [0.1, 0.15) is 35.5 Å². The largest absolute Gasteiger partial charge is 0.458 e. The van der Waals surface area contributed by atoms with Gasteiger partial charge in [-0.1, -0.05) is 55.0 Å². The van der Waals surface area contributed by atoms with Gasteiger partial charge in [0.1, 0.15) is 12.6 Å². The summed E-state index contributed by atoms with van der Waals surface area (Å²) in [4.78, 5) is 42.9. The first kappa shape index (κ1) is 21.7. The quantitative estimate of drug-likeness (QED) is 0.453. The predicted octanol–water partition coefficient (Wildman–Crippen LogP) is 3.72. The molecule has 0 unspecified atom stereocenters. The van der Waals surface area contributed by atoms with Crippen LogP contribution < -0.4 is 10.9 Å². The van der Waals surface area contributed by atoms with E-state index in [9.17, 15) is 14.4 Å². The molecule has 2 aromatic carbocycles. The van der Waals surface area contributed by atoms with Crippen molar-refractivity contribution in [3.05, 3.63) is 81.8 Å². The summed E-state index contributed by atoms with van der Waals surface area (Å²) in [7, 11) is 0. The van der Waals surface area contributed by atoms with E-state index in [4.69, 9.17) is 4.74 Å². The number of nitrogens with zero attached hydrogens (tertiary/aromatic N) is 2. The number of fused-ring (bicyclic) bond motifs is 3. The highest BCUT2D eigenvalue weighted by molar-refractivity contribution is 7.23. The van der Waals surface area contributed by atoms with Crippen molar-refractivity contribution in [3.63, 3.8) is 0 Å². The van der Waals surface area contributed by atoms with Gasteiger partial charge in [0, 0.05) is 11.6 Å². The van der Waals surface area contributed by atoms with Gasteiger partial charge in [-0.2, -0.15) is 0 Å². The molecule has 0 aliphatic rings. The normalized spacial score (nSPS) is 12.2. The van der Waals surface area contributed by atoms with Gasteiger partial charge in [-0.3, -0.25) is 14.0 Å². The Balaban J connectivity index is 1.49. The van der Waals surface area contributed by atoms with E-state index in [0.717, 1.165) is 15.8 Å². The van der Waals surface area contributed by atoms with Crippen LogP contribution in [0.2, 0.25) is 0 Å². The molecule has 0 bridgehead atoms. The first-order valence-electron chi connectivity index (χ1n) is 10.3. The monoisotopic (exact) mass is 449 g/mol. The molecule has 1 atom stereocenters. The third-order valence-electron chi connectivity index (χ3n) is 5.13. The van der Waals surface area contributed by atoms with Gasteiger partial charge in [-0.25, -0.2) is 9.78 Å². The Morgan fingerprint density at radius 1 is 1.12 bits per heavy atom. The molecule has 4 aromatic rings. The molecule has 0 radical (unpaired) electrons. The fraction of sp³-hybridized carbons (Fsp3) is 0.250. The van der Waals surface area contributed by atoms with E-state index in [0.29, 0.717) is 16.2 Å². The number of hydrogen-bond acceptors (Lipinski definition) is 6. The van der Waals surface area contributed by atoms with Crippen molar-refractivity contribution < 1.29 is 14.3 Å². The summed E-state index contributed by atoms with van der Waals surface area (Å²) in [5, 5.41) is 2.75. The summed E-state index contributed by atoms with van der Waals surface area (Å²) in [5.41, 5.74) is 2.44. The van der Waals surface area contributed by atoms with Crippen molar-refractivity contribution in [3.8, 4) is 0 Å². The van der Waals surface area contributed by atoms with Crippen LogP contribution in [0.5, 0.6) is 0 Å². The number of benzene rings is 2. The minimum absolute atomic E-state index is 0.150. The van der Waals surface area contributed by atoms with Crippen LogP contribution in [-0.4, -0.2) is 27.3 Å². The second kappa shape index (κ2) is 8.92. The maximum Gasteiger partial charge on any atom is 0.329 e. The molecule has 0 aliphatic carbocycles. The number of aromatic nitrogens is 2. The average molecular weight is 450 g/mol. The summed E-state index contributed by atoms with van der Waals surface area (Å²) in [5.74, 6) is -1.09. The lowest BCUT2D eigenvalue weighted by atomic mass is 10.0. The fourth-order valence-corrected chi connectivity index (χ4v) is 4.41. The van der Waals surface area contributed by atoms with Crippen LogP contribution >= 0.6 is 11.3 Å². The summed E-state index contributed by atoms with van der Waals surface area (Å²) in [6, 6.07) is 15.2. The highest BCUT2D eigenvalue weighted by Crippen LogP contribution is 2.23. The lowest BCUT2D eigenvalue weighted by Crippen LogP contribution is -2.45. The van der Waals surface area contributed by atoms with Crippen LogP contribution in [-0.2, 0) is 16.1 Å². The van der Waals surface area contributed by atoms with Crippen molar-refractivity contribution in [2.24, 2.45) is 5.92 Å². The molecule has 0 fully saturated rings. The maximum atomic E-state index is 12.7. The zero-order chi connectivity index (χ0) is 22.8. The molecule has 0 saturated carbocycles. The second-order valence-corrected chi connectivity index (χ2v) is 8.95. The molecule has 1 amide bonds. The number of aryl methyl sites for hydroxylation is 1. The molecule has 0 aliphatic heterocycles. The highest BCUT2D eigenvalue weighted by Gasteiger charge is 2.26. The second-order valence-electron chi connectivity index (χ2n) is 7.94. The molecular weight excluding hydrogens is 426 g/mol. The summed E-state index contributed by atoms with van der Waals surface area (Å²) in [6.45, 7) is 5.44. The van der Waals surface area contributed by atoms with E-state index >= 15 is 0 Å². The highest BCUT2D eigenvalue weighted by atomic mass is 32.1. The van der Waals surface area contributed by atoms with Crippen LogP contribution in [0.4, 0.5) is 0 Å². The van der Waals surface area contributed by atoms with E-state index in [1.807, 2.05) is 57.2 Å². The molecule has 2 aromatic heterocycles. The zero-order valence-corrected chi connectivity index (χ0v) is 18.8. The van der Waals surface area contributed by atoms with Crippen molar-refractivity contribution in [1.82, 2.24) is 14.7 Å². The average Bonchev–Trinajstić information content (AvgIpc) is 3.14. The van der Waals surface area contributed by atoms with Crippen molar-refractivity contribution in [2.45, 2.75) is 33.4 Å². The van der Waals surface area contributed by atoms with Gasteiger partial charge in [-0.15, -0.1) is 0 Å². The summed E-state index contributed by atoms with van der Waals surface area (Å²) in [6.07, 6.45) is 0. The first-order chi connectivity index (χ1) is 15.3. The predicted molar refractivity (Wildman–Crippen MR) is 124 cm³/mol. The van der Waals surface area contributed by atoms with E-state index < -0.39 is 12.0 Å². The van der Waals surface area contributed by atoms with Crippen molar-refractivity contribution >= 4 is 38.4 Å². The van der Waals surface area contributed by atoms with Gasteiger partial charge in [0.2, 0.25) is 0 Å². The van der Waals surface area contributed by atoms with E-state index in [-0.39, 0.29) is 24.0 Å². The number of carbonyl (C=O) groups is 2. The molecule has 7 nitrogen and oxygen atoms in total. The molecule has 32 heavy (non-hydrogen) atoms. The van der Waals surface area contributed by atoms with Gasteiger partial charge < -0.3 is 10.1 Å². The zero-order valence-electron chi connectivity index (χ0n) is 18.0. The SMILES string of the molecule is Cc1ccc(C(=O)N[C@H](C(=O)OCc2cc(=O)n3c(n2)sc2ccccc23)C(C)C)cc1. The van der Waals surface area contributed by atoms with Gasteiger partial charge in [0.25, 0.3) is 11.5 Å². The molecule has 0 saturated heterocycles. The number of thiazole rings is 1. The van der Waals surface area contributed by atoms with Crippen molar-refractivity contribution in [1.29, 1.82) is 0 Å². The lowest BCUT2D eigenvalue weighted by molar-refractivity contribution is -0.148. The molecule has 8 heteroatoms. The number of rotatable bonds is 6. The van der Waals surface area contributed by atoms with Gasteiger partial charge in [0.05, 0.1) is 15.9 Å². The Bertz CT molecular complexity index is 1360. The topological polar surface area (TPSA) is 89.8 Å². The van der Waals surface area contributed by atoms with E-state index in [1.54, 1.807) is 16.5 Å². The maximum absolute atomic E-state index is 12.7. The van der Waals surface area contributed by atoms with Gasteiger partial charge in [-0.05, 0) is 37.1 Å². The molecule has 2 heterocycles. The fourth-order valence-electron chi connectivity index (χ4n) is 3.36. The number of carbonyl (C=O) groups excluding carboxylic acids is 2. The third-order valence-corrected chi connectivity index (χ3v) is 6.15. The van der Waals surface area contributed by atoms with Gasteiger partial charge >= 0.3 is 5.97 Å². The number of nitrogens with one attached hydrogen (secondary N) is 1. The minimum atomic E-state index is -0.821. The first-order valence-corrected chi connectivity index (χ1v) is 11.1. The van der Waals surface area contributed by atoms with Crippen molar-refractivity contribution in [2.75, 3.05) is 0 Å². The summed E-state index contributed by atoms with van der Waals surface area (Å²) < 4.78 is 7.92. The standard InChI is InChI=1S/C24H23N3O4S/c1-14(2)21(26-22(29)16-10-8-15(3)9-11-16)23(30)31-13-17-12-20(28)27-18-6-4-5-7-19(18)32-24(27)25-17/h4-12,14,21H,13H2,1-3H3,(H,26,29)/t21-/m0/s1. The molecular formula is C24H23N3O4S. The number of para-hydroxylation sites is 1. The molecule has 164 valence electrons. The van der Waals surface area contributed by atoms with Crippen LogP contribution in [0.25, 0.3) is 15.2 Å². The van der Waals surface area contributed by atoms with Crippen LogP contribution in [0, 0.1) is 12.8 Å². The van der Waals surface area contributed by atoms with Crippen LogP contribution in [0.3, 0.4) is 0 Å². The Morgan fingerprint density at radius 2 is 1.84 bits per heavy atom. The van der Waals surface area contributed by atoms with E-state index in [2.05, 4.69) is 10.3 Å². The van der Waals surface area contributed by atoms with Gasteiger partial charge in [0.15, 0.2) is 4.96 Å². The Kier molecular flexibility index (Phi) is 6.05. The Hall–Kier alpha value is -3.52. The summed E-state index contributed by atoms with van der Waals surface area (Å²) >= 11 is 1.40. The lowest BCUT2D eigenvalue weighted by Gasteiger charge is -2.21. The van der Waals surface area contributed by atoms with E-state index in [1.165, 1.54) is 17.4 Å². The minimum Gasteiger partial charge on any atom is -0.458 e. The number of amides is 1. The van der Waals surface area contributed by atoms with Crippen LogP contribution in [0.15, 0.2) is 59.4 Å². The molecule has 1 N–H and O–H groups in total. The number of ether oxygens (including phenoxy) is 1. The Morgan fingerprint density at radius 3 is 2.56 bits per heavy atom.